The lowest BCUT2D eigenvalue weighted by Crippen LogP contribution is -2.55. The van der Waals surface area contributed by atoms with Gasteiger partial charge in [-0.1, -0.05) is 6.08 Å². The Hall–Kier alpha value is -2.11. The van der Waals surface area contributed by atoms with Crippen molar-refractivity contribution in [3.05, 3.63) is 17.8 Å². The first-order valence-electron chi connectivity index (χ1n) is 11.0. The zero-order valence-electron chi connectivity index (χ0n) is 17.9. The number of carbonyl (C=O) groups is 2. The minimum absolute atomic E-state index is 0.0920. The molecular weight excluding hydrogens is 366 g/mol. The van der Waals surface area contributed by atoms with Crippen LogP contribution in [-0.4, -0.2) is 34.1 Å². The first-order valence-corrected chi connectivity index (χ1v) is 11.0. The van der Waals surface area contributed by atoms with Gasteiger partial charge in [0.25, 0.3) is 5.91 Å². The molecule has 4 saturated carbocycles. The molecule has 0 aromatic carbocycles. The summed E-state index contributed by atoms with van der Waals surface area (Å²) in [6.07, 6.45) is 12.3. The van der Waals surface area contributed by atoms with Gasteiger partial charge in [0.05, 0.1) is 12.3 Å². The first-order chi connectivity index (χ1) is 13.8. The van der Waals surface area contributed by atoms with Crippen LogP contribution in [0.4, 0.5) is 0 Å². The largest absolute Gasteiger partial charge is 0.474 e. The van der Waals surface area contributed by atoms with Crippen molar-refractivity contribution < 1.29 is 14.3 Å². The molecule has 1 aromatic rings. The minimum Gasteiger partial charge on any atom is -0.474 e. The van der Waals surface area contributed by atoms with E-state index in [1.165, 1.54) is 32.1 Å². The fourth-order valence-electron chi connectivity index (χ4n) is 5.65. The number of aldehydes is 1. The summed E-state index contributed by atoms with van der Waals surface area (Å²) in [7, 11) is 0. The van der Waals surface area contributed by atoms with Crippen LogP contribution in [0.2, 0.25) is 0 Å². The van der Waals surface area contributed by atoms with Crippen LogP contribution in [0.3, 0.4) is 0 Å². The second kappa shape index (κ2) is 7.62. The number of ether oxygens (including phenoxy) is 1. The average Bonchev–Trinajstić information content (AvgIpc) is 3.04. The van der Waals surface area contributed by atoms with E-state index >= 15 is 0 Å². The van der Waals surface area contributed by atoms with Gasteiger partial charge in [-0.25, -0.2) is 4.68 Å². The van der Waals surface area contributed by atoms with Gasteiger partial charge in [0.2, 0.25) is 5.88 Å². The summed E-state index contributed by atoms with van der Waals surface area (Å²) in [4.78, 5) is 24.4. The molecule has 1 N–H and O–H groups in total. The lowest BCUT2D eigenvalue weighted by atomic mass is 9.54. The molecule has 4 fully saturated rings. The summed E-state index contributed by atoms with van der Waals surface area (Å²) in [5, 5.41) is 7.68. The van der Waals surface area contributed by atoms with Crippen LogP contribution >= 0.6 is 0 Å². The lowest BCUT2D eigenvalue weighted by Gasteiger charge is -2.54. The average molecular weight is 400 g/mol. The predicted octanol–water partition coefficient (Wildman–Crippen LogP) is 3.92. The summed E-state index contributed by atoms with van der Waals surface area (Å²) in [5.74, 6) is 3.31. The Morgan fingerprint density at radius 1 is 1.21 bits per heavy atom. The van der Waals surface area contributed by atoms with E-state index in [0.29, 0.717) is 23.3 Å². The van der Waals surface area contributed by atoms with Gasteiger partial charge in [-0.2, -0.15) is 5.10 Å². The first kappa shape index (κ1) is 20.2. The van der Waals surface area contributed by atoms with E-state index < -0.39 is 5.41 Å². The highest BCUT2D eigenvalue weighted by atomic mass is 16.5. The number of rotatable bonds is 7. The SMILES string of the molecule is CC(C)Oc1c(C(=O)NC2C3CC4CC(C3)CC2C4)cnn1/C=C/C(C)(C)C=O. The number of hydrogen-bond donors (Lipinski definition) is 1. The number of amides is 1. The van der Waals surface area contributed by atoms with E-state index in [0.717, 1.165) is 18.1 Å². The standard InChI is InChI=1S/C23H33N3O3/c1-14(2)29-22-19(12-24-26(22)6-5-23(3,4)13-27)21(28)25-20-17-8-15-7-16(10-17)11-18(20)9-15/h5-6,12-18,20H,7-11H2,1-4H3,(H,25,28)/b6-5+. The van der Waals surface area contributed by atoms with Crippen molar-refractivity contribution in [2.75, 3.05) is 0 Å². The Labute approximate surface area is 173 Å². The molecule has 29 heavy (non-hydrogen) atoms. The molecule has 4 aliphatic carbocycles. The number of allylic oxidation sites excluding steroid dienone is 1. The van der Waals surface area contributed by atoms with Gasteiger partial charge in [0, 0.05) is 17.7 Å². The Balaban J connectivity index is 1.54. The fourth-order valence-corrected chi connectivity index (χ4v) is 5.65. The van der Waals surface area contributed by atoms with Gasteiger partial charge < -0.3 is 14.8 Å². The molecule has 0 radical (unpaired) electrons. The second-order valence-corrected chi connectivity index (χ2v) is 10.2. The maximum atomic E-state index is 13.2. The molecule has 4 bridgehead atoms. The van der Waals surface area contributed by atoms with E-state index in [1.807, 2.05) is 27.7 Å². The molecule has 1 heterocycles. The molecule has 0 spiro atoms. The highest BCUT2D eigenvalue weighted by molar-refractivity contribution is 5.96. The van der Waals surface area contributed by atoms with E-state index in [2.05, 4.69) is 10.4 Å². The minimum atomic E-state index is -0.607. The molecule has 0 aliphatic heterocycles. The van der Waals surface area contributed by atoms with E-state index in [4.69, 9.17) is 4.74 Å². The monoisotopic (exact) mass is 399 g/mol. The highest BCUT2D eigenvalue weighted by Crippen LogP contribution is 2.53. The number of aromatic nitrogens is 2. The van der Waals surface area contributed by atoms with Crippen molar-refractivity contribution >= 4 is 18.4 Å². The fraction of sp³-hybridized carbons (Fsp3) is 0.696. The van der Waals surface area contributed by atoms with Crippen LogP contribution in [0.25, 0.3) is 6.20 Å². The molecule has 6 nitrogen and oxygen atoms in total. The second-order valence-electron chi connectivity index (χ2n) is 10.2. The van der Waals surface area contributed by atoms with Crippen LogP contribution in [0.15, 0.2) is 12.3 Å². The van der Waals surface area contributed by atoms with E-state index in [9.17, 15) is 9.59 Å². The van der Waals surface area contributed by atoms with Crippen molar-refractivity contribution in [3.8, 4) is 5.88 Å². The third-order valence-electron chi connectivity index (χ3n) is 6.82. The molecule has 5 rings (SSSR count). The molecule has 0 unspecified atom stereocenters. The molecule has 1 amide bonds. The van der Waals surface area contributed by atoms with Gasteiger partial charge in [-0.05, 0) is 83.5 Å². The van der Waals surface area contributed by atoms with Gasteiger partial charge in [0.1, 0.15) is 11.8 Å². The summed E-state index contributed by atoms with van der Waals surface area (Å²) in [5.41, 5.74) is -0.148. The van der Waals surface area contributed by atoms with Crippen LogP contribution in [0, 0.1) is 29.1 Å². The van der Waals surface area contributed by atoms with E-state index in [-0.39, 0.29) is 18.1 Å². The molecule has 1 aromatic heterocycles. The molecule has 0 saturated heterocycles. The van der Waals surface area contributed by atoms with Crippen LogP contribution in [0.1, 0.15) is 70.2 Å². The highest BCUT2D eigenvalue weighted by Gasteiger charge is 2.48. The van der Waals surface area contributed by atoms with Crippen molar-refractivity contribution in [1.29, 1.82) is 0 Å². The third-order valence-corrected chi connectivity index (χ3v) is 6.82. The maximum Gasteiger partial charge on any atom is 0.258 e. The zero-order chi connectivity index (χ0) is 20.8. The van der Waals surface area contributed by atoms with Gasteiger partial charge in [-0.15, -0.1) is 0 Å². The summed E-state index contributed by atoms with van der Waals surface area (Å²) in [6.45, 7) is 7.50. The zero-order valence-corrected chi connectivity index (χ0v) is 17.9. The van der Waals surface area contributed by atoms with Crippen molar-refractivity contribution in [2.24, 2.45) is 29.1 Å². The van der Waals surface area contributed by atoms with Gasteiger partial charge in [-0.3, -0.25) is 4.79 Å². The maximum absolute atomic E-state index is 13.2. The normalized spacial score (nSPS) is 30.9. The van der Waals surface area contributed by atoms with Crippen molar-refractivity contribution in [3.63, 3.8) is 0 Å². The third kappa shape index (κ3) is 4.12. The summed E-state index contributed by atoms with van der Waals surface area (Å²) >= 11 is 0. The number of carbonyl (C=O) groups excluding carboxylic acids is 2. The smallest absolute Gasteiger partial charge is 0.258 e. The predicted molar refractivity (Wildman–Crippen MR) is 111 cm³/mol. The summed E-state index contributed by atoms with van der Waals surface area (Å²) < 4.78 is 7.50. The molecule has 0 atom stereocenters. The van der Waals surface area contributed by atoms with Gasteiger partial charge >= 0.3 is 0 Å². The Morgan fingerprint density at radius 2 is 1.83 bits per heavy atom. The molecule has 6 heteroatoms. The van der Waals surface area contributed by atoms with Crippen LogP contribution < -0.4 is 10.1 Å². The quantitative estimate of drug-likeness (QED) is 0.705. The van der Waals surface area contributed by atoms with Gasteiger partial charge in [0.15, 0.2) is 0 Å². The summed E-state index contributed by atoms with van der Waals surface area (Å²) in [6, 6.07) is 0.273. The topological polar surface area (TPSA) is 73.2 Å². The Kier molecular flexibility index (Phi) is 5.30. The lowest BCUT2D eigenvalue weighted by molar-refractivity contribution is -0.112. The molecule has 4 aliphatic rings. The number of nitrogens with one attached hydrogen (secondary N) is 1. The van der Waals surface area contributed by atoms with Crippen LogP contribution in [0.5, 0.6) is 5.88 Å². The Morgan fingerprint density at radius 3 is 2.38 bits per heavy atom. The van der Waals surface area contributed by atoms with Crippen LogP contribution in [-0.2, 0) is 4.79 Å². The van der Waals surface area contributed by atoms with Crippen molar-refractivity contribution in [1.82, 2.24) is 15.1 Å². The number of nitrogens with zero attached hydrogens (tertiary/aromatic N) is 2. The molecule has 158 valence electrons. The van der Waals surface area contributed by atoms with Crippen molar-refractivity contribution in [2.45, 2.75) is 71.9 Å². The molecular formula is C23H33N3O3. The Bertz CT molecular complexity index is 780. The van der Waals surface area contributed by atoms with E-state index in [1.54, 1.807) is 23.2 Å². The number of hydrogen-bond acceptors (Lipinski definition) is 4.